The molecular weight excluding hydrogens is 501 g/mol. The van der Waals surface area contributed by atoms with Crippen LogP contribution in [0.2, 0.25) is 0 Å². The van der Waals surface area contributed by atoms with Crippen molar-refractivity contribution in [2.45, 2.75) is 20.0 Å². The Hall–Kier alpha value is -3.33. The molecule has 1 saturated heterocycles. The van der Waals surface area contributed by atoms with Crippen molar-refractivity contribution in [1.29, 1.82) is 0 Å². The number of nitrogens with zero attached hydrogens (tertiary/aromatic N) is 3. The van der Waals surface area contributed by atoms with Gasteiger partial charge in [0.15, 0.2) is 0 Å². The van der Waals surface area contributed by atoms with Crippen LogP contribution in [0.3, 0.4) is 0 Å². The molecule has 2 amide bonds. The molecule has 2 heterocycles. The molecule has 0 radical (unpaired) electrons. The van der Waals surface area contributed by atoms with Crippen LogP contribution in [-0.4, -0.2) is 72.5 Å². The van der Waals surface area contributed by atoms with Crippen molar-refractivity contribution >= 4 is 29.2 Å². The Kier molecular flexibility index (Phi) is 10.2. The third-order valence-electron chi connectivity index (χ3n) is 6.59. The van der Waals surface area contributed by atoms with Gasteiger partial charge in [-0.05, 0) is 53.3 Å². The first-order valence-electron chi connectivity index (χ1n) is 12.9. The van der Waals surface area contributed by atoms with Gasteiger partial charge in [0.25, 0.3) is 0 Å². The van der Waals surface area contributed by atoms with Crippen LogP contribution in [0.4, 0.5) is 4.39 Å². The minimum atomic E-state index is -0.314. The number of rotatable bonds is 11. The predicted molar refractivity (Wildman–Crippen MR) is 149 cm³/mol. The Bertz CT molecular complexity index is 1210. The largest absolute Gasteiger partial charge is 0.379 e. The van der Waals surface area contributed by atoms with Gasteiger partial charge in [-0.2, -0.15) is 0 Å². The summed E-state index contributed by atoms with van der Waals surface area (Å²) in [6, 6.07) is 17.9. The van der Waals surface area contributed by atoms with Crippen LogP contribution in [0.25, 0.3) is 6.08 Å². The van der Waals surface area contributed by atoms with Crippen molar-refractivity contribution in [2.75, 3.05) is 45.9 Å². The number of morpholine rings is 1. The third-order valence-corrected chi connectivity index (χ3v) is 7.60. The van der Waals surface area contributed by atoms with E-state index in [0.29, 0.717) is 39.4 Å². The Balaban J connectivity index is 1.50. The summed E-state index contributed by atoms with van der Waals surface area (Å²) < 4.78 is 18.9. The lowest BCUT2D eigenvalue weighted by atomic mass is 10.2. The summed E-state index contributed by atoms with van der Waals surface area (Å²) in [5, 5.41) is 2.01. The van der Waals surface area contributed by atoms with Crippen LogP contribution in [0.15, 0.2) is 72.1 Å². The predicted octanol–water partition coefficient (Wildman–Crippen LogP) is 4.60. The highest BCUT2D eigenvalue weighted by Crippen LogP contribution is 2.20. The van der Waals surface area contributed by atoms with Gasteiger partial charge in [-0.1, -0.05) is 42.5 Å². The van der Waals surface area contributed by atoms with Crippen LogP contribution < -0.4 is 0 Å². The Morgan fingerprint density at radius 2 is 1.74 bits per heavy atom. The van der Waals surface area contributed by atoms with Crippen molar-refractivity contribution < 1.29 is 18.7 Å². The first-order valence-corrected chi connectivity index (χ1v) is 13.7. The van der Waals surface area contributed by atoms with E-state index in [4.69, 9.17) is 4.74 Å². The molecule has 1 aromatic heterocycles. The van der Waals surface area contributed by atoms with Gasteiger partial charge in [-0.3, -0.25) is 14.5 Å². The first kappa shape index (κ1) is 27.7. The Labute approximate surface area is 227 Å². The molecule has 1 fully saturated rings. The van der Waals surface area contributed by atoms with Gasteiger partial charge in [0, 0.05) is 43.7 Å². The second-order valence-corrected chi connectivity index (χ2v) is 10.4. The first-order chi connectivity index (χ1) is 18.5. The van der Waals surface area contributed by atoms with E-state index < -0.39 is 0 Å². The highest BCUT2D eigenvalue weighted by atomic mass is 32.1. The molecule has 0 bridgehead atoms. The van der Waals surface area contributed by atoms with E-state index >= 15 is 0 Å². The average molecular weight is 536 g/mol. The average Bonchev–Trinajstić information content (AvgIpc) is 3.35. The lowest BCUT2D eigenvalue weighted by Gasteiger charge is -2.31. The fraction of sp³-hybridized carbons (Fsp3) is 0.333. The van der Waals surface area contributed by atoms with E-state index in [-0.39, 0.29) is 24.2 Å². The number of carbonyl (C=O) groups excluding carboxylic acids is 2. The number of carbonyl (C=O) groups is 2. The summed E-state index contributed by atoms with van der Waals surface area (Å²) in [5.41, 5.74) is 2.88. The lowest BCUT2D eigenvalue weighted by Crippen LogP contribution is -2.46. The van der Waals surface area contributed by atoms with E-state index in [1.807, 2.05) is 48.7 Å². The van der Waals surface area contributed by atoms with Crippen molar-refractivity contribution in [3.8, 4) is 0 Å². The topological polar surface area (TPSA) is 53.1 Å². The highest BCUT2D eigenvalue weighted by Gasteiger charge is 2.23. The number of benzene rings is 2. The molecule has 0 unspecified atom stereocenters. The maximum Gasteiger partial charge on any atom is 0.247 e. The van der Waals surface area contributed by atoms with E-state index in [1.54, 1.807) is 39.3 Å². The van der Waals surface area contributed by atoms with Gasteiger partial charge < -0.3 is 14.5 Å². The molecule has 1 aliphatic heterocycles. The smallest absolute Gasteiger partial charge is 0.247 e. The van der Waals surface area contributed by atoms with Crippen molar-refractivity contribution in [3.63, 3.8) is 0 Å². The van der Waals surface area contributed by atoms with E-state index in [9.17, 15) is 14.0 Å². The van der Waals surface area contributed by atoms with Crippen LogP contribution in [0, 0.1) is 12.7 Å². The van der Waals surface area contributed by atoms with Crippen molar-refractivity contribution in [1.82, 2.24) is 14.7 Å². The molecule has 4 rings (SSSR count). The fourth-order valence-electron chi connectivity index (χ4n) is 4.24. The van der Waals surface area contributed by atoms with Gasteiger partial charge in [0.05, 0.1) is 19.8 Å². The summed E-state index contributed by atoms with van der Waals surface area (Å²) in [6.45, 7) is 6.84. The summed E-state index contributed by atoms with van der Waals surface area (Å²) in [5.74, 6) is -0.666. The normalized spacial score (nSPS) is 14.1. The number of thiophene rings is 1. The fourth-order valence-corrected chi connectivity index (χ4v) is 5.16. The molecule has 3 aromatic rings. The molecular formula is C30H34FN3O3S. The minimum Gasteiger partial charge on any atom is -0.379 e. The zero-order valence-corrected chi connectivity index (χ0v) is 22.5. The lowest BCUT2D eigenvalue weighted by molar-refractivity contribution is -0.139. The van der Waals surface area contributed by atoms with Crippen LogP contribution in [-0.2, 0) is 27.4 Å². The quantitative estimate of drug-likeness (QED) is 0.337. The number of hydrogen-bond donors (Lipinski definition) is 0. The maximum atomic E-state index is 13.7. The molecule has 0 aliphatic carbocycles. The van der Waals surface area contributed by atoms with Gasteiger partial charge in [-0.25, -0.2) is 4.39 Å². The van der Waals surface area contributed by atoms with Gasteiger partial charge >= 0.3 is 0 Å². The number of hydrogen-bond acceptors (Lipinski definition) is 5. The van der Waals surface area contributed by atoms with Gasteiger partial charge in [-0.15, -0.1) is 11.3 Å². The van der Waals surface area contributed by atoms with E-state index in [2.05, 4.69) is 4.90 Å². The molecule has 0 spiro atoms. The van der Waals surface area contributed by atoms with Gasteiger partial charge in [0.1, 0.15) is 12.4 Å². The van der Waals surface area contributed by atoms with Crippen molar-refractivity contribution in [3.05, 3.63) is 99.5 Å². The molecule has 2 aromatic carbocycles. The zero-order valence-electron chi connectivity index (χ0n) is 21.7. The molecule has 0 saturated carbocycles. The number of halogens is 1. The Morgan fingerprint density at radius 1 is 1.00 bits per heavy atom. The third kappa shape index (κ3) is 8.34. The maximum absolute atomic E-state index is 13.7. The number of amides is 2. The molecule has 6 nitrogen and oxygen atoms in total. The molecule has 8 heteroatoms. The molecule has 0 atom stereocenters. The monoisotopic (exact) mass is 535 g/mol. The number of aryl methyl sites for hydroxylation is 1. The molecule has 0 N–H and O–H groups in total. The molecule has 200 valence electrons. The second-order valence-electron chi connectivity index (χ2n) is 9.36. The summed E-state index contributed by atoms with van der Waals surface area (Å²) >= 11 is 1.60. The van der Waals surface area contributed by atoms with Crippen LogP contribution in [0.1, 0.15) is 21.6 Å². The van der Waals surface area contributed by atoms with Crippen LogP contribution in [0.5, 0.6) is 0 Å². The summed E-state index contributed by atoms with van der Waals surface area (Å²) in [6.07, 6.45) is 3.31. The van der Waals surface area contributed by atoms with Gasteiger partial charge in [0.2, 0.25) is 11.8 Å². The highest BCUT2D eigenvalue weighted by molar-refractivity contribution is 7.10. The van der Waals surface area contributed by atoms with Crippen LogP contribution >= 0.6 is 11.3 Å². The SMILES string of the molecule is Cc1ccsc1CN(Cc1ccc(F)cc1)C(=O)CN(CCN1CCOCC1)C(=O)/C=C/c1ccccc1. The summed E-state index contributed by atoms with van der Waals surface area (Å²) in [4.78, 5) is 33.7. The molecule has 38 heavy (non-hydrogen) atoms. The van der Waals surface area contributed by atoms with E-state index in [0.717, 1.165) is 34.7 Å². The Morgan fingerprint density at radius 3 is 2.42 bits per heavy atom. The second kappa shape index (κ2) is 14.0. The number of ether oxygens (including phenoxy) is 1. The van der Waals surface area contributed by atoms with Crippen molar-refractivity contribution in [2.24, 2.45) is 0 Å². The van der Waals surface area contributed by atoms with E-state index in [1.165, 1.54) is 18.2 Å². The molecule has 1 aliphatic rings. The standard InChI is InChI=1S/C30H34FN3O3S/c1-24-13-20-38-28(24)22-34(21-26-7-10-27(31)11-8-26)30(36)23-33(15-14-32-16-18-37-19-17-32)29(35)12-9-25-5-3-2-4-6-25/h2-13,20H,14-19,21-23H2,1H3/b12-9+. The summed E-state index contributed by atoms with van der Waals surface area (Å²) in [7, 11) is 0. The zero-order chi connectivity index (χ0) is 26.7. The minimum absolute atomic E-state index is 0.0338.